The van der Waals surface area contributed by atoms with Crippen molar-refractivity contribution >= 4 is 17.9 Å². The minimum absolute atomic E-state index is 0.143. The summed E-state index contributed by atoms with van der Waals surface area (Å²) in [6.45, 7) is 5.47. The standard InChI is InChI=1S/C15H23NO8/c1-7-16(5)12-14(23-10(4)19)13(22-9(3)18)11(6-20-8(2)17)24-15(12)21-7/h7,11-15H,6H2,1-5H3/t7?,11?,12?,13-,14?,15+/m0/s1. The number of carbonyl (C=O) groups excluding carboxylic acids is 3. The van der Waals surface area contributed by atoms with E-state index in [4.69, 9.17) is 23.7 Å². The largest absolute Gasteiger partial charge is 0.463 e. The summed E-state index contributed by atoms with van der Waals surface area (Å²) in [7, 11) is 1.80. The van der Waals surface area contributed by atoms with Crippen molar-refractivity contribution in [1.29, 1.82) is 0 Å². The van der Waals surface area contributed by atoms with Crippen LogP contribution in [0, 0.1) is 0 Å². The van der Waals surface area contributed by atoms with Crippen LogP contribution in [-0.2, 0) is 38.1 Å². The molecule has 0 radical (unpaired) electrons. The van der Waals surface area contributed by atoms with Crippen LogP contribution in [0.3, 0.4) is 0 Å². The van der Waals surface area contributed by atoms with Gasteiger partial charge in [0.1, 0.15) is 25.0 Å². The van der Waals surface area contributed by atoms with Gasteiger partial charge in [-0.2, -0.15) is 0 Å². The van der Waals surface area contributed by atoms with Crippen molar-refractivity contribution in [3.8, 4) is 0 Å². The van der Waals surface area contributed by atoms with Crippen molar-refractivity contribution < 1.29 is 38.1 Å². The number of hydrogen-bond donors (Lipinski definition) is 0. The van der Waals surface area contributed by atoms with E-state index in [1.807, 2.05) is 11.8 Å². The molecule has 0 bridgehead atoms. The number of esters is 3. The van der Waals surface area contributed by atoms with Crippen LogP contribution >= 0.6 is 0 Å². The normalized spacial score (nSPS) is 35.9. The van der Waals surface area contributed by atoms with Crippen LogP contribution in [0.25, 0.3) is 0 Å². The maximum atomic E-state index is 11.5. The van der Waals surface area contributed by atoms with Gasteiger partial charge < -0.3 is 23.7 Å². The van der Waals surface area contributed by atoms with E-state index in [0.717, 1.165) is 0 Å². The van der Waals surface area contributed by atoms with Gasteiger partial charge >= 0.3 is 17.9 Å². The molecule has 9 heteroatoms. The summed E-state index contributed by atoms with van der Waals surface area (Å²) in [5, 5.41) is 0. The second-order valence-corrected chi connectivity index (χ2v) is 5.89. The third kappa shape index (κ3) is 4.03. The minimum atomic E-state index is -0.914. The van der Waals surface area contributed by atoms with E-state index in [0.29, 0.717) is 0 Å². The molecule has 136 valence electrons. The summed E-state index contributed by atoms with van der Waals surface area (Å²) in [4.78, 5) is 36.0. The molecule has 0 aromatic rings. The fourth-order valence-corrected chi connectivity index (χ4v) is 2.96. The minimum Gasteiger partial charge on any atom is -0.463 e. The van der Waals surface area contributed by atoms with Crippen LogP contribution in [0.5, 0.6) is 0 Å². The number of likely N-dealkylation sites (N-methyl/N-ethyl adjacent to an activating group) is 1. The molecular formula is C15H23NO8. The van der Waals surface area contributed by atoms with E-state index in [9.17, 15) is 14.4 Å². The first-order valence-electron chi connectivity index (χ1n) is 7.71. The van der Waals surface area contributed by atoms with Crippen LogP contribution in [0.2, 0.25) is 0 Å². The topological polar surface area (TPSA) is 101 Å². The molecule has 2 heterocycles. The van der Waals surface area contributed by atoms with E-state index in [-0.39, 0.29) is 12.8 Å². The molecule has 0 aromatic heterocycles. The van der Waals surface area contributed by atoms with Crippen molar-refractivity contribution in [2.75, 3.05) is 13.7 Å². The van der Waals surface area contributed by atoms with Crippen LogP contribution < -0.4 is 0 Å². The lowest BCUT2D eigenvalue weighted by Gasteiger charge is -2.43. The number of nitrogens with zero attached hydrogens (tertiary/aromatic N) is 1. The quantitative estimate of drug-likeness (QED) is 0.507. The predicted molar refractivity (Wildman–Crippen MR) is 78.5 cm³/mol. The van der Waals surface area contributed by atoms with Gasteiger partial charge in [-0.25, -0.2) is 0 Å². The fraction of sp³-hybridized carbons (Fsp3) is 0.800. The molecule has 2 aliphatic rings. The van der Waals surface area contributed by atoms with Crippen LogP contribution in [0.4, 0.5) is 0 Å². The van der Waals surface area contributed by atoms with Crippen molar-refractivity contribution in [2.45, 2.75) is 64.6 Å². The number of hydrogen-bond acceptors (Lipinski definition) is 9. The van der Waals surface area contributed by atoms with Crippen molar-refractivity contribution in [1.82, 2.24) is 4.90 Å². The first kappa shape index (κ1) is 18.6. The zero-order chi connectivity index (χ0) is 18.0. The summed E-state index contributed by atoms with van der Waals surface area (Å²) in [6.07, 6.45) is -3.49. The van der Waals surface area contributed by atoms with Crippen molar-refractivity contribution in [3.63, 3.8) is 0 Å². The average molecular weight is 345 g/mol. The molecular weight excluding hydrogens is 322 g/mol. The van der Waals surface area contributed by atoms with Crippen LogP contribution in [-0.4, -0.2) is 73.3 Å². The van der Waals surface area contributed by atoms with Gasteiger partial charge in [0.15, 0.2) is 18.5 Å². The molecule has 0 amide bonds. The summed E-state index contributed by atoms with van der Waals surface area (Å²) in [6, 6.07) is -0.443. The second kappa shape index (κ2) is 7.45. The van der Waals surface area contributed by atoms with Gasteiger partial charge in [-0.15, -0.1) is 0 Å². The Morgan fingerprint density at radius 1 is 0.958 bits per heavy atom. The highest BCUT2D eigenvalue weighted by Crippen LogP contribution is 2.35. The molecule has 2 aliphatic heterocycles. The molecule has 9 nitrogen and oxygen atoms in total. The highest BCUT2D eigenvalue weighted by atomic mass is 16.7. The molecule has 0 saturated carbocycles. The van der Waals surface area contributed by atoms with E-state index in [1.54, 1.807) is 7.05 Å². The molecule has 2 saturated heterocycles. The van der Waals surface area contributed by atoms with Crippen LogP contribution in [0.1, 0.15) is 27.7 Å². The zero-order valence-corrected chi connectivity index (χ0v) is 14.4. The van der Waals surface area contributed by atoms with Crippen molar-refractivity contribution in [2.24, 2.45) is 0 Å². The third-order valence-electron chi connectivity index (χ3n) is 4.04. The Kier molecular flexibility index (Phi) is 5.79. The number of ether oxygens (including phenoxy) is 5. The Balaban J connectivity index is 2.29. The molecule has 2 fully saturated rings. The highest BCUT2D eigenvalue weighted by Gasteiger charge is 2.56. The maximum Gasteiger partial charge on any atom is 0.303 e. The van der Waals surface area contributed by atoms with Gasteiger partial charge in [0, 0.05) is 20.8 Å². The number of fused-ring (bicyclic) bond motifs is 1. The summed E-state index contributed by atoms with van der Waals surface area (Å²) < 4.78 is 27.3. The van der Waals surface area contributed by atoms with E-state index in [2.05, 4.69) is 0 Å². The van der Waals surface area contributed by atoms with Gasteiger partial charge in [0.2, 0.25) is 0 Å². The first-order valence-corrected chi connectivity index (χ1v) is 7.71. The molecule has 4 unspecified atom stereocenters. The number of rotatable bonds is 4. The Morgan fingerprint density at radius 3 is 2.08 bits per heavy atom. The molecule has 0 spiro atoms. The zero-order valence-electron chi connectivity index (χ0n) is 14.4. The molecule has 0 aromatic carbocycles. The maximum absolute atomic E-state index is 11.5. The lowest BCUT2D eigenvalue weighted by atomic mass is 9.96. The molecule has 0 aliphatic carbocycles. The highest BCUT2D eigenvalue weighted by molar-refractivity contribution is 5.68. The molecule has 0 N–H and O–H groups in total. The first-order chi connectivity index (χ1) is 11.2. The Bertz CT molecular complexity index is 510. The van der Waals surface area contributed by atoms with Gasteiger partial charge in [-0.05, 0) is 14.0 Å². The second-order valence-electron chi connectivity index (χ2n) is 5.89. The van der Waals surface area contributed by atoms with Gasteiger partial charge in [0.25, 0.3) is 0 Å². The SMILES string of the molecule is CC(=O)OCC1O[C@H]2OC(C)N(C)C2C(OC(C)=O)[C@H]1OC(C)=O. The van der Waals surface area contributed by atoms with Crippen LogP contribution in [0.15, 0.2) is 0 Å². The lowest BCUT2D eigenvalue weighted by molar-refractivity contribution is -0.260. The van der Waals surface area contributed by atoms with Gasteiger partial charge in [-0.1, -0.05) is 0 Å². The van der Waals surface area contributed by atoms with E-state index < -0.39 is 48.6 Å². The van der Waals surface area contributed by atoms with E-state index in [1.165, 1.54) is 20.8 Å². The van der Waals surface area contributed by atoms with Crippen molar-refractivity contribution in [3.05, 3.63) is 0 Å². The average Bonchev–Trinajstić information content (AvgIpc) is 2.73. The summed E-state index contributed by atoms with van der Waals surface area (Å²) in [5.74, 6) is -1.57. The Labute approximate surface area is 140 Å². The smallest absolute Gasteiger partial charge is 0.303 e. The monoisotopic (exact) mass is 345 g/mol. The Hall–Kier alpha value is -1.71. The number of carbonyl (C=O) groups is 3. The molecule has 2 rings (SSSR count). The molecule has 6 atom stereocenters. The molecule has 24 heavy (non-hydrogen) atoms. The summed E-state index contributed by atoms with van der Waals surface area (Å²) in [5.41, 5.74) is 0. The fourth-order valence-electron chi connectivity index (χ4n) is 2.96. The summed E-state index contributed by atoms with van der Waals surface area (Å²) >= 11 is 0. The Morgan fingerprint density at radius 2 is 1.54 bits per heavy atom. The van der Waals surface area contributed by atoms with Gasteiger partial charge in [-0.3, -0.25) is 19.3 Å². The van der Waals surface area contributed by atoms with E-state index >= 15 is 0 Å². The predicted octanol–water partition coefficient (Wildman–Crippen LogP) is -0.186. The lowest BCUT2D eigenvalue weighted by Crippen LogP contribution is -2.63. The third-order valence-corrected chi connectivity index (χ3v) is 4.04. The van der Waals surface area contributed by atoms with Gasteiger partial charge in [0.05, 0.1) is 0 Å².